The van der Waals surface area contributed by atoms with E-state index in [0.29, 0.717) is 11.5 Å². The third kappa shape index (κ3) is 2.82. The van der Waals surface area contributed by atoms with Crippen LogP contribution in [0.1, 0.15) is 29.1 Å². The molecule has 0 aliphatic heterocycles. The minimum atomic E-state index is -0.646. The molecule has 0 fully saturated rings. The first-order valence-electron chi connectivity index (χ1n) is 6.50. The van der Waals surface area contributed by atoms with Gasteiger partial charge in [-0.05, 0) is 37.8 Å². The molecule has 5 heteroatoms. The number of thiophene rings is 1. The molecule has 0 radical (unpaired) electrons. The van der Waals surface area contributed by atoms with Crippen LogP contribution in [0.25, 0.3) is 10.1 Å². The number of fused-ring (bicyclic) bond motifs is 1. The smallest absolute Gasteiger partial charge is 0.328 e. The van der Waals surface area contributed by atoms with Gasteiger partial charge in [0.05, 0.1) is 11.5 Å². The molecule has 1 heterocycles. The maximum Gasteiger partial charge on any atom is 0.328 e. The molecular formula is C15H17NO3S. The molecule has 2 rings (SSSR count). The van der Waals surface area contributed by atoms with E-state index in [0.717, 1.165) is 15.6 Å². The van der Waals surface area contributed by atoms with Crippen molar-refractivity contribution in [1.82, 2.24) is 5.32 Å². The third-order valence-electron chi connectivity index (χ3n) is 3.04. The van der Waals surface area contributed by atoms with Crippen molar-refractivity contribution in [2.24, 2.45) is 0 Å². The number of benzene rings is 1. The molecule has 106 valence electrons. The molecule has 1 aromatic heterocycles. The summed E-state index contributed by atoms with van der Waals surface area (Å²) >= 11 is 1.43. The molecule has 0 aliphatic carbocycles. The third-order valence-corrected chi connectivity index (χ3v) is 4.31. The van der Waals surface area contributed by atoms with Gasteiger partial charge in [0.25, 0.3) is 5.91 Å². The van der Waals surface area contributed by atoms with Crippen LogP contribution in [0, 0.1) is 6.92 Å². The van der Waals surface area contributed by atoms with E-state index in [1.54, 1.807) is 13.8 Å². The van der Waals surface area contributed by atoms with Gasteiger partial charge in [0.15, 0.2) is 0 Å². The normalized spacial score (nSPS) is 12.2. The molecule has 0 aliphatic rings. The molecule has 0 saturated carbocycles. The molecule has 0 spiro atoms. The van der Waals surface area contributed by atoms with Gasteiger partial charge in [-0.15, -0.1) is 11.3 Å². The predicted molar refractivity (Wildman–Crippen MR) is 80.1 cm³/mol. The Morgan fingerprint density at radius 3 is 2.70 bits per heavy atom. The van der Waals surface area contributed by atoms with Gasteiger partial charge >= 0.3 is 5.97 Å². The number of ether oxygens (including phenoxy) is 1. The van der Waals surface area contributed by atoms with Crippen LogP contribution in [-0.4, -0.2) is 24.5 Å². The van der Waals surface area contributed by atoms with Gasteiger partial charge in [-0.2, -0.15) is 0 Å². The average Bonchev–Trinajstić information content (AvgIpc) is 2.77. The Kier molecular flexibility index (Phi) is 4.39. The number of carbonyl (C=O) groups is 2. The molecule has 4 nitrogen and oxygen atoms in total. The summed E-state index contributed by atoms with van der Waals surface area (Å²) in [7, 11) is 0. The SMILES string of the molecule is CCOC(=O)C(C)NC(=O)c1sc2ccccc2c1C. The van der Waals surface area contributed by atoms with E-state index in [9.17, 15) is 9.59 Å². The topological polar surface area (TPSA) is 55.4 Å². The molecule has 1 unspecified atom stereocenters. The summed E-state index contributed by atoms with van der Waals surface area (Å²) in [6.45, 7) is 5.59. The predicted octanol–water partition coefficient (Wildman–Crippen LogP) is 2.89. The van der Waals surface area contributed by atoms with Gasteiger partial charge in [-0.1, -0.05) is 18.2 Å². The highest BCUT2D eigenvalue weighted by atomic mass is 32.1. The zero-order valence-electron chi connectivity index (χ0n) is 11.7. The van der Waals surface area contributed by atoms with Crippen LogP contribution < -0.4 is 5.32 Å². The molecule has 1 amide bonds. The van der Waals surface area contributed by atoms with Gasteiger partial charge in [0, 0.05) is 4.70 Å². The van der Waals surface area contributed by atoms with Crippen LogP contribution in [0.2, 0.25) is 0 Å². The number of aryl methyl sites for hydroxylation is 1. The molecule has 1 atom stereocenters. The highest BCUT2D eigenvalue weighted by Gasteiger charge is 2.20. The second-order valence-electron chi connectivity index (χ2n) is 4.50. The molecule has 1 aromatic carbocycles. The van der Waals surface area contributed by atoms with Crippen molar-refractivity contribution in [3.63, 3.8) is 0 Å². The molecule has 0 bridgehead atoms. The van der Waals surface area contributed by atoms with E-state index in [4.69, 9.17) is 4.74 Å². The Morgan fingerprint density at radius 1 is 1.35 bits per heavy atom. The van der Waals surface area contributed by atoms with Crippen molar-refractivity contribution in [2.75, 3.05) is 6.61 Å². The Morgan fingerprint density at radius 2 is 2.05 bits per heavy atom. The fourth-order valence-corrected chi connectivity index (χ4v) is 3.09. The van der Waals surface area contributed by atoms with E-state index in [1.807, 2.05) is 31.2 Å². The Bertz CT molecular complexity index is 648. The van der Waals surface area contributed by atoms with Gasteiger partial charge in [-0.3, -0.25) is 4.79 Å². The Labute approximate surface area is 121 Å². The van der Waals surface area contributed by atoms with Gasteiger partial charge in [-0.25, -0.2) is 4.79 Å². The summed E-state index contributed by atoms with van der Waals surface area (Å²) in [5, 5.41) is 3.75. The van der Waals surface area contributed by atoms with Crippen molar-refractivity contribution in [3.8, 4) is 0 Å². The van der Waals surface area contributed by atoms with E-state index < -0.39 is 12.0 Å². The second-order valence-corrected chi connectivity index (χ2v) is 5.55. The van der Waals surface area contributed by atoms with Crippen LogP contribution in [0.3, 0.4) is 0 Å². The van der Waals surface area contributed by atoms with Crippen molar-refractivity contribution >= 4 is 33.3 Å². The fraction of sp³-hybridized carbons (Fsp3) is 0.333. The highest BCUT2D eigenvalue weighted by Crippen LogP contribution is 2.30. The minimum absolute atomic E-state index is 0.232. The first-order chi connectivity index (χ1) is 9.54. The molecule has 1 N–H and O–H groups in total. The van der Waals surface area contributed by atoms with Crippen molar-refractivity contribution in [2.45, 2.75) is 26.8 Å². The van der Waals surface area contributed by atoms with Crippen LogP contribution in [0.5, 0.6) is 0 Å². The maximum atomic E-state index is 12.2. The summed E-state index contributed by atoms with van der Waals surface area (Å²) in [5.41, 5.74) is 0.944. The summed E-state index contributed by atoms with van der Waals surface area (Å²) in [6, 6.07) is 7.23. The van der Waals surface area contributed by atoms with E-state index in [-0.39, 0.29) is 5.91 Å². The summed E-state index contributed by atoms with van der Waals surface area (Å²) in [5.74, 6) is -0.649. The standard InChI is InChI=1S/C15H17NO3S/c1-4-19-15(18)10(3)16-14(17)13-9(2)11-7-5-6-8-12(11)20-13/h5-8,10H,4H2,1-3H3,(H,16,17). The Hall–Kier alpha value is -1.88. The van der Waals surface area contributed by atoms with E-state index >= 15 is 0 Å². The van der Waals surface area contributed by atoms with Crippen molar-refractivity contribution in [3.05, 3.63) is 34.7 Å². The van der Waals surface area contributed by atoms with Gasteiger partial charge < -0.3 is 10.1 Å². The molecular weight excluding hydrogens is 274 g/mol. The van der Waals surface area contributed by atoms with E-state index in [2.05, 4.69) is 5.32 Å². The second kappa shape index (κ2) is 6.05. The van der Waals surface area contributed by atoms with Gasteiger partial charge in [0.1, 0.15) is 6.04 Å². The number of nitrogens with one attached hydrogen (secondary N) is 1. The number of hydrogen-bond donors (Lipinski definition) is 1. The molecule has 0 saturated heterocycles. The number of esters is 1. The summed E-state index contributed by atoms with van der Waals surface area (Å²) in [6.07, 6.45) is 0. The van der Waals surface area contributed by atoms with Crippen LogP contribution in [-0.2, 0) is 9.53 Å². The lowest BCUT2D eigenvalue weighted by atomic mass is 10.1. The zero-order chi connectivity index (χ0) is 14.7. The van der Waals surface area contributed by atoms with Crippen molar-refractivity contribution in [1.29, 1.82) is 0 Å². The monoisotopic (exact) mass is 291 g/mol. The number of carbonyl (C=O) groups excluding carboxylic acids is 2. The van der Waals surface area contributed by atoms with Crippen molar-refractivity contribution < 1.29 is 14.3 Å². The number of rotatable bonds is 4. The summed E-state index contributed by atoms with van der Waals surface area (Å²) in [4.78, 5) is 24.4. The average molecular weight is 291 g/mol. The number of amides is 1. The first-order valence-corrected chi connectivity index (χ1v) is 7.31. The van der Waals surface area contributed by atoms with E-state index in [1.165, 1.54) is 11.3 Å². The lowest BCUT2D eigenvalue weighted by Crippen LogP contribution is -2.39. The lowest BCUT2D eigenvalue weighted by molar-refractivity contribution is -0.144. The van der Waals surface area contributed by atoms with Crippen LogP contribution in [0.15, 0.2) is 24.3 Å². The minimum Gasteiger partial charge on any atom is -0.464 e. The quantitative estimate of drug-likeness (QED) is 0.881. The Balaban J connectivity index is 2.19. The number of hydrogen-bond acceptors (Lipinski definition) is 4. The summed E-state index contributed by atoms with van der Waals surface area (Å²) < 4.78 is 5.95. The largest absolute Gasteiger partial charge is 0.464 e. The fourth-order valence-electron chi connectivity index (χ4n) is 1.98. The lowest BCUT2D eigenvalue weighted by Gasteiger charge is -2.12. The molecule has 20 heavy (non-hydrogen) atoms. The van der Waals surface area contributed by atoms with Crippen LogP contribution >= 0.6 is 11.3 Å². The molecule has 2 aromatic rings. The zero-order valence-corrected chi connectivity index (χ0v) is 12.5. The maximum absolute atomic E-state index is 12.2. The highest BCUT2D eigenvalue weighted by molar-refractivity contribution is 7.21. The van der Waals surface area contributed by atoms with Gasteiger partial charge in [0.2, 0.25) is 0 Å². The van der Waals surface area contributed by atoms with Crippen LogP contribution in [0.4, 0.5) is 0 Å². The first kappa shape index (κ1) is 14.5.